The van der Waals surface area contributed by atoms with Crippen molar-refractivity contribution in [3.8, 4) is 0 Å². The van der Waals surface area contributed by atoms with Gasteiger partial charge in [-0.25, -0.2) is 4.79 Å². The van der Waals surface area contributed by atoms with E-state index >= 15 is 0 Å². The van der Waals surface area contributed by atoms with E-state index in [-0.39, 0.29) is 25.4 Å². The number of carbonyl (C=O) groups excluding carboxylic acids is 2. The van der Waals surface area contributed by atoms with E-state index in [9.17, 15) is 9.59 Å². The molecule has 0 aliphatic heterocycles. The zero-order valence-corrected chi connectivity index (χ0v) is 11.1. The molecule has 0 saturated carbocycles. The van der Waals surface area contributed by atoms with Gasteiger partial charge in [-0.2, -0.15) is 0 Å². The lowest BCUT2D eigenvalue weighted by Gasteiger charge is -2.09. The first-order chi connectivity index (χ1) is 9.08. The molecule has 0 saturated heterocycles. The summed E-state index contributed by atoms with van der Waals surface area (Å²) in [5.41, 5.74) is 0.570. The van der Waals surface area contributed by atoms with Crippen LogP contribution >= 0.6 is 11.6 Å². The molecule has 0 aromatic heterocycles. The van der Waals surface area contributed by atoms with Crippen LogP contribution in [0.2, 0.25) is 5.02 Å². The van der Waals surface area contributed by atoms with Crippen LogP contribution in [0.3, 0.4) is 0 Å². The number of carbonyl (C=O) groups is 2. The Balaban J connectivity index is 2.71. The van der Waals surface area contributed by atoms with Gasteiger partial charge in [0.25, 0.3) is 0 Å². The molecule has 1 aromatic carbocycles. The second kappa shape index (κ2) is 7.73. The van der Waals surface area contributed by atoms with Crippen molar-refractivity contribution in [1.29, 1.82) is 0 Å². The van der Waals surface area contributed by atoms with E-state index < -0.39 is 11.9 Å². The zero-order valence-electron chi connectivity index (χ0n) is 10.3. The molecule has 1 amide bonds. The number of aliphatic hydroxyl groups excluding tert-OH is 1. The molecular formula is C12H14ClNO5. The summed E-state index contributed by atoms with van der Waals surface area (Å²) in [6.07, 6.45) is 0. The van der Waals surface area contributed by atoms with Gasteiger partial charge in [0, 0.05) is 0 Å². The SMILES string of the molecule is COC(=O)c1ccc(Cl)c(NC(=O)COCCO)c1. The highest BCUT2D eigenvalue weighted by atomic mass is 35.5. The van der Waals surface area contributed by atoms with Gasteiger partial charge in [0.2, 0.25) is 5.91 Å². The van der Waals surface area contributed by atoms with Crippen LogP contribution in [-0.4, -0.2) is 43.9 Å². The Hall–Kier alpha value is -1.63. The van der Waals surface area contributed by atoms with Crippen LogP contribution in [0.5, 0.6) is 0 Å². The molecule has 1 rings (SSSR count). The average molecular weight is 288 g/mol. The number of methoxy groups -OCH3 is 1. The molecule has 104 valence electrons. The van der Waals surface area contributed by atoms with Gasteiger partial charge in [-0.15, -0.1) is 0 Å². The Morgan fingerprint density at radius 2 is 2.16 bits per heavy atom. The smallest absolute Gasteiger partial charge is 0.337 e. The quantitative estimate of drug-likeness (QED) is 0.604. The lowest BCUT2D eigenvalue weighted by molar-refractivity contribution is -0.120. The molecule has 0 aliphatic carbocycles. The fourth-order valence-electron chi connectivity index (χ4n) is 1.28. The topological polar surface area (TPSA) is 84.9 Å². The van der Waals surface area contributed by atoms with Crippen LogP contribution in [0.25, 0.3) is 0 Å². The van der Waals surface area contributed by atoms with E-state index in [1.807, 2.05) is 0 Å². The van der Waals surface area contributed by atoms with Gasteiger partial charge in [0.15, 0.2) is 0 Å². The lowest BCUT2D eigenvalue weighted by Crippen LogP contribution is -2.19. The van der Waals surface area contributed by atoms with Crippen LogP contribution in [0.1, 0.15) is 10.4 Å². The fraction of sp³-hybridized carbons (Fsp3) is 0.333. The Bertz CT molecular complexity index is 463. The fourth-order valence-corrected chi connectivity index (χ4v) is 1.45. The van der Waals surface area contributed by atoms with Crippen molar-refractivity contribution in [3.05, 3.63) is 28.8 Å². The van der Waals surface area contributed by atoms with Crippen molar-refractivity contribution in [2.75, 3.05) is 32.2 Å². The number of rotatable bonds is 6. The molecular weight excluding hydrogens is 274 g/mol. The largest absolute Gasteiger partial charge is 0.465 e. The maximum Gasteiger partial charge on any atom is 0.337 e. The molecule has 0 atom stereocenters. The van der Waals surface area contributed by atoms with Gasteiger partial charge in [-0.1, -0.05) is 11.6 Å². The summed E-state index contributed by atoms with van der Waals surface area (Å²) in [6.45, 7) is -0.297. The second-order valence-corrected chi connectivity index (χ2v) is 3.92. The molecule has 0 bridgehead atoms. The van der Waals surface area contributed by atoms with Crippen molar-refractivity contribution in [1.82, 2.24) is 0 Å². The molecule has 6 nitrogen and oxygen atoms in total. The minimum atomic E-state index is -0.524. The first-order valence-electron chi connectivity index (χ1n) is 5.44. The molecule has 0 heterocycles. The predicted molar refractivity (Wildman–Crippen MR) is 69.3 cm³/mol. The normalized spacial score (nSPS) is 10.1. The van der Waals surface area contributed by atoms with Gasteiger partial charge in [-0.3, -0.25) is 4.79 Å². The minimum absolute atomic E-state index is 0.0728. The van der Waals surface area contributed by atoms with E-state index in [1.165, 1.54) is 25.3 Å². The molecule has 0 unspecified atom stereocenters. The molecule has 0 aliphatic rings. The highest BCUT2D eigenvalue weighted by Crippen LogP contribution is 2.23. The van der Waals surface area contributed by atoms with Gasteiger partial charge >= 0.3 is 5.97 Å². The highest BCUT2D eigenvalue weighted by molar-refractivity contribution is 6.33. The number of amides is 1. The molecule has 0 radical (unpaired) electrons. The van der Waals surface area contributed by atoms with Gasteiger partial charge in [0.05, 0.1) is 36.6 Å². The zero-order chi connectivity index (χ0) is 14.3. The number of hydrogen-bond acceptors (Lipinski definition) is 5. The maximum absolute atomic E-state index is 11.5. The van der Waals surface area contributed by atoms with Crippen molar-refractivity contribution >= 4 is 29.2 Å². The third kappa shape index (κ3) is 4.86. The van der Waals surface area contributed by atoms with Crippen LogP contribution in [0.4, 0.5) is 5.69 Å². The van der Waals surface area contributed by atoms with Crippen molar-refractivity contribution < 1.29 is 24.2 Å². The summed E-state index contributed by atoms with van der Waals surface area (Å²) in [4.78, 5) is 22.8. The van der Waals surface area contributed by atoms with Gasteiger partial charge in [-0.05, 0) is 18.2 Å². The van der Waals surface area contributed by atoms with Crippen LogP contribution < -0.4 is 5.32 Å². The van der Waals surface area contributed by atoms with E-state index in [0.717, 1.165) is 0 Å². The van der Waals surface area contributed by atoms with Crippen molar-refractivity contribution in [2.45, 2.75) is 0 Å². The number of nitrogens with one attached hydrogen (secondary N) is 1. The number of hydrogen-bond donors (Lipinski definition) is 2. The number of aliphatic hydroxyl groups is 1. The van der Waals surface area contributed by atoms with E-state index in [1.54, 1.807) is 0 Å². The van der Waals surface area contributed by atoms with E-state index in [2.05, 4.69) is 10.1 Å². The Kier molecular flexibility index (Phi) is 6.27. The third-order valence-electron chi connectivity index (χ3n) is 2.13. The van der Waals surface area contributed by atoms with Crippen LogP contribution in [0.15, 0.2) is 18.2 Å². The summed E-state index contributed by atoms with van der Waals surface area (Å²) in [6, 6.07) is 4.39. The number of anilines is 1. The van der Waals surface area contributed by atoms with Gasteiger partial charge in [0.1, 0.15) is 6.61 Å². The number of ether oxygens (including phenoxy) is 2. The molecule has 19 heavy (non-hydrogen) atoms. The van der Waals surface area contributed by atoms with E-state index in [0.29, 0.717) is 10.7 Å². The number of halogens is 1. The lowest BCUT2D eigenvalue weighted by atomic mass is 10.2. The Morgan fingerprint density at radius 3 is 2.79 bits per heavy atom. The number of esters is 1. The Labute approximate surface area is 115 Å². The molecule has 2 N–H and O–H groups in total. The number of benzene rings is 1. The summed E-state index contributed by atoms with van der Waals surface area (Å²) in [7, 11) is 1.26. The third-order valence-corrected chi connectivity index (χ3v) is 2.46. The summed E-state index contributed by atoms with van der Waals surface area (Å²) < 4.78 is 9.43. The van der Waals surface area contributed by atoms with E-state index in [4.69, 9.17) is 21.4 Å². The van der Waals surface area contributed by atoms with Crippen molar-refractivity contribution in [3.63, 3.8) is 0 Å². The molecule has 0 spiro atoms. The summed E-state index contributed by atoms with van der Waals surface area (Å²) in [5, 5.41) is 11.3. The molecule has 7 heteroatoms. The molecule has 1 aromatic rings. The monoisotopic (exact) mass is 287 g/mol. The minimum Gasteiger partial charge on any atom is -0.465 e. The second-order valence-electron chi connectivity index (χ2n) is 3.51. The summed E-state index contributed by atoms with van der Waals surface area (Å²) in [5.74, 6) is -0.957. The first kappa shape index (κ1) is 15.4. The van der Waals surface area contributed by atoms with Crippen LogP contribution in [0, 0.1) is 0 Å². The van der Waals surface area contributed by atoms with Crippen molar-refractivity contribution in [2.24, 2.45) is 0 Å². The Morgan fingerprint density at radius 1 is 1.42 bits per heavy atom. The molecule has 0 fully saturated rings. The standard InChI is InChI=1S/C12H14ClNO5/c1-18-12(17)8-2-3-9(13)10(6-8)14-11(16)7-19-5-4-15/h2-3,6,15H,4-5,7H2,1H3,(H,14,16). The average Bonchev–Trinajstić information content (AvgIpc) is 2.40. The van der Waals surface area contributed by atoms with Crippen LogP contribution in [-0.2, 0) is 14.3 Å². The predicted octanol–water partition coefficient (Wildman–Crippen LogP) is 1.07. The highest BCUT2D eigenvalue weighted by Gasteiger charge is 2.11. The first-order valence-corrected chi connectivity index (χ1v) is 5.82. The summed E-state index contributed by atoms with van der Waals surface area (Å²) >= 11 is 5.90. The van der Waals surface area contributed by atoms with Gasteiger partial charge < -0.3 is 19.9 Å². The maximum atomic E-state index is 11.5.